The van der Waals surface area contributed by atoms with Gasteiger partial charge in [0.05, 0.1) is 6.10 Å². The van der Waals surface area contributed by atoms with Crippen LogP contribution in [0.25, 0.3) is 22.1 Å². The lowest BCUT2D eigenvalue weighted by Gasteiger charge is -2.10. The summed E-state index contributed by atoms with van der Waals surface area (Å²) in [6.45, 7) is 3.34. The molecule has 1 heterocycles. The van der Waals surface area contributed by atoms with Gasteiger partial charge < -0.3 is 13.9 Å². The first-order valence-electron chi connectivity index (χ1n) is 7.98. The number of carbonyl (C=O) groups is 1. The van der Waals surface area contributed by atoms with Gasteiger partial charge in [0.2, 0.25) is 0 Å². The Kier molecular flexibility index (Phi) is 4.84. The van der Waals surface area contributed by atoms with Crippen LogP contribution in [-0.2, 0) is 9.53 Å². The molecule has 1 aromatic heterocycles. The van der Waals surface area contributed by atoms with Crippen LogP contribution in [0.2, 0.25) is 0 Å². The standard InChI is InChI=1S/C20H18O5/c1-13(2)24-20(22)12-23-15-8-9-16-17(14-6-4-3-5-7-14)11-19(21)25-18(16)10-15/h3-11,13H,12H2,1-2H3. The van der Waals surface area contributed by atoms with Crippen molar-refractivity contribution in [3.63, 3.8) is 0 Å². The third kappa shape index (κ3) is 4.07. The fourth-order valence-corrected chi connectivity index (χ4v) is 2.53. The first kappa shape index (κ1) is 16.8. The average molecular weight is 338 g/mol. The topological polar surface area (TPSA) is 65.7 Å². The molecule has 0 unspecified atom stereocenters. The maximum atomic E-state index is 11.9. The second-order valence-corrected chi connectivity index (χ2v) is 5.83. The fourth-order valence-electron chi connectivity index (χ4n) is 2.53. The summed E-state index contributed by atoms with van der Waals surface area (Å²) in [6, 6.07) is 16.2. The van der Waals surface area contributed by atoms with Gasteiger partial charge in [-0.25, -0.2) is 9.59 Å². The van der Waals surface area contributed by atoms with E-state index in [2.05, 4.69) is 0 Å². The summed E-state index contributed by atoms with van der Waals surface area (Å²) in [5.74, 6) is -0.0175. The molecule has 0 atom stereocenters. The summed E-state index contributed by atoms with van der Waals surface area (Å²) < 4.78 is 15.7. The van der Waals surface area contributed by atoms with Gasteiger partial charge >= 0.3 is 11.6 Å². The van der Waals surface area contributed by atoms with Crippen LogP contribution in [0.1, 0.15) is 13.8 Å². The Morgan fingerprint density at radius 2 is 1.84 bits per heavy atom. The molecule has 0 spiro atoms. The number of benzene rings is 2. The highest BCUT2D eigenvalue weighted by atomic mass is 16.6. The Hall–Kier alpha value is -3.08. The molecule has 0 amide bonds. The number of esters is 1. The van der Waals surface area contributed by atoms with E-state index in [4.69, 9.17) is 13.9 Å². The molecular formula is C20H18O5. The first-order valence-corrected chi connectivity index (χ1v) is 7.98. The quantitative estimate of drug-likeness (QED) is 0.523. The van der Waals surface area contributed by atoms with Crippen molar-refractivity contribution in [2.24, 2.45) is 0 Å². The van der Waals surface area contributed by atoms with Crippen LogP contribution < -0.4 is 10.4 Å². The second kappa shape index (κ2) is 7.21. The highest BCUT2D eigenvalue weighted by Crippen LogP contribution is 2.29. The lowest BCUT2D eigenvalue weighted by Crippen LogP contribution is -2.18. The molecule has 0 radical (unpaired) electrons. The van der Waals surface area contributed by atoms with Gasteiger partial charge in [-0.2, -0.15) is 0 Å². The van der Waals surface area contributed by atoms with E-state index in [1.165, 1.54) is 6.07 Å². The fraction of sp³-hybridized carbons (Fsp3) is 0.200. The Morgan fingerprint density at radius 1 is 1.08 bits per heavy atom. The highest BCUT2D eigenvalue weighted by Gasteiger charge is 2.11. The molecule has 3 rings (SSSR count). The number of hydrogen-bond acceptors (Lipinski definition) is 5. The van der Waals surface area contributed by atoms with Crippen molar-refractivity contribution < 1.29 is 18.7 Å². The van der Waals surface area contributed by atoms with Crippen LogP contribution in [0.5, 0.6) is 5.75 Å². The average Bonchev–Trinajstić information content (AvgIpc) is 2.59. The van der Waals surface area contributed by atoms with Gasteiger partial charge in [0, 0.05) is 17.5 Å². The van der Waals surface area contributed by atoms with Crippen molar-refractivity contribution in [2.75, 3.05) is 6.61 Å². The van der Waals surface area contributed by atoms with Crippen molar-refractivity contribution in [3.05, 3.63) is 65.0 Å². The molecule has 0 aliphatic heterocycles. The van der Waals surface area contributed by atoms with E-state index in [-0.39, 0.29) is 12.7 Å². The summed E-state index contributed by atoms with van der Waals surface area (Å²) in [5, 5.41) is 0.794. The van der Waals surface area contributed by atoms with Crippen molar-refractivity contribution in [2.45, 2.75) is 20.0 Å². The van der Waals surface area contributed by atoms with Crippen molar-refractivity contribution in [3.8, 4) is 16.9 Å². The normalized spacial score (nSPS) is 10.8. The minimum Gasteiger partial charge on any atom is -0.482 e. The third-order valence-corrected chi connectivity index (χ3v) is 3.52. The predicted octanol–water partition coefficient (Wildman–Crippen LogP) is 3.79. The molecule has 0 bridgehead atoms. The zero-order valence-electron chi connectivity index (χ0n) is 14.0. The number of ether oxygens (including phenoxy) is 2. The van der Waals surface area contributed by atoms with E-state index < -0.39 is 11.6 Å². The van der Waals surface area contributed by atoms with Gasteiger partial charge in [-0.15, -0.1) is 0 Å². The van der Waals surface area contributed by atoms with Gasteiger partial charge in [-0.05, 0) is 37.1 Å². The number of carbonyl (C=O) groups excluding carboxylic acids is 1. The zero-order valence-corrected chi connectivity index (χ0v) is 14.0. The highest BCUT2D eigenvalue weighted by molar-refractivity contribution is 5.93. The molecule has 0 saturated carbocycles. The Balaban J connectivity index is 1.91. The Labute approximate surface area is 144 Å². The number of fused-ring (bicyclic) bond motifs is 1. The summed E-state index contributed by atoms with van der Waals surface area (Å²) in [7, 11) is 0. The van der Waals surface area contributed by atoms with Crippen LogP contribution in [0.15, 0.2) is 63.8 Å². The molecule has 5 nitrogen and oxygen atoms in total. The summed E-state index contributed by atoms with van der Waals surface area (Å²) in [6.07, 6.45) is -0.195. The smallest absolute Gasteiger partial charge is 0.344 e. The number of hydrogen-bond donors (Lipinski definition) is 0. The van der Waals surface area contributed by atoms with Crippen molar-refractivity contribution in [1.29, 1.82) is 0 Å². The van der Waals surface area contributed by atoms with Crippen LogP contribution >= 0.6 is 0 Å². The van der Waals surface area contributed by atoms with Crippen LogP contribution in [0.4, 0.5) is 0 Å². The van der Waals surface area contributed by atoms with Gasteiger partial charge in [0.15, 0.2) is 6.61 Å². The third-order valence-electron chi connectivity index (χ3n) is 3.52. The zero-order chi connectivity index (χ0) is 17.8. The van der Waals surface area contributed by atoms with E-state index in [0.717, 1.165) is 16.5 Å². The maximum Gasteiger partial charge on any atom is 0.344 e. The molecule has 128 valence electrons. The molecular weight excluding hydrogens is 320 g/mol. The van der Waals surface area contributed by atoms with E-state index in [9.17, 15) is 9.59 Å². The molecule has 5 heteroatoms. The van der Waals surface area contributed by atoms with Crippen LogP contribution in [0, 0.1) is 0 Å². The minimum absolute atomic E-state index is 0.195. The Morgan fingerprint density at radius 3 is 2.56 bits per heavy atom. The molecule has 0 aliphatic carbocycles. The van der Waals surface area contributed by atoms with Crippen molar-refractivity contribution >= 4 is 16.9 Å². The predicted molar refractivity (Wildman–Crippen MR) is 94.6 cm³/mol. The first-order chi connectivity index (χ1) is 12.0. The monoisotopic (exact) mass is 338 g/mol. The summed E-state index contributed by atoms with van der Waals surface area (Å²) >= 11 is 0. The van der Waals surface area contributed by atoms with E-state index >= 15 is 0 Å². The van der Waals surface area contributed by atoms with Crippen LogP contribution in [0.3, 0.4) is 0 Å². The largest absolute Gasteiger partial charge is 0.482 e. The number of rotatable bonds is 5. The van der Waals surface area contributed by atoms with Gasteiger partial charge in [-0.1, -0.05) is 30.3 Å². The molecule has 2 aromatic carbocycles. The van der Waals surface area contributed by atoms with Crippen LogP contribution in [-0.4, -0.2) is 18.7 Å². The molecule has 0 N–H and O–H groups in total. The molecule has 0 saturated heterocycles. The molecule has 0 aliphatic rings. The summed E-state index contributed by atoms with van der Waals surface area (Å²) in [4.78, 5) is 23.5. The van der Waals surface area contributed by atoms with E-state index in [1.807, 2.05) is 36.4 Å². The molecule has 3 aromatic rings. The van der Waals surface area contributed by atoms with Gasteiger partial charge in [0.1, 0.15) is 11.3 Å². The van der Waals surface area contributed by atoms with Gasteiger partial charge in [0.25, 0.3) is 0 Å². The lowest BCUT2D eigenvalue weighted by atomic mass is 10.0. The lowest BCUT2D eigenvalue weighted by molar-refractivity contribution is -0.149. The molecule has 0 fully saturated rings. The summed E-state index contributed by atoms with van der Waals surface area (Å²) in [5.41, 5.74) is 1.68. The maximum absolute atomic E-state index is 11.9. The minimum atomic E-state index is -0.449. The SMILES string of the molecule is CC(C)OC(=O)COc1ccc2c(-c3ccccc3)cc(=O)oc2c1. The van der Waals surface area contributed by atoms with E-state index in [1.54, 1.807) is 26.0 Å². The Bertz CT molecular complexity index is 941. The van der Waals surface area contributed by atoms with Crippen molar-refractivity contribution in [1.82, 2.24) is 0 Å². The molecule has 25 heavy (non-hydrogen) atoms. The second-order valence-electron chi connectivity index (χ2n) is 5.83. The van der Waals surface area contributed by atoms with Gasteiger partial charge in [-0.3, -0.25) is 0 Å². The van der Waals surface area contributed by atoms with E-state index in [0.29, 0.717) is 11.3 Å².